The summed E-state index contributed by atoms with van der Waals surface area (Å²) in [5.74, 6) is -0.525. The van der Waals surface area contributed by atoms with Crippen molar-refractivity contribution in [3.63, 3.8) is 0 Å². The van der Waals surface area contributed by atoms with Crippen LogP contribution in [0.2, 0.25) is 0 Å². The molecule has 0 atom stereocenters. The number of aryl methyl sites for hydroxylation is 1. The van der Waals surface area contributed by atoms with Gasteiger partial charge < -0.3 is 10.2 Å². The van der Waals surface area contributed by atoms with Crippen molar-refractivity contribution < 1.29 is 9.59 Å². The van der Waals surface area contributed by atoms with Crippen molar-refractivity contribution in [2.75, 3.05) is 18.9 Å². The van der Waals surface area contributed by atoms with E-state index >= 15 is 0 Å². The summed E-state index contributed by atoms with van der Waals surface area (Å²) in [6.07, 6.45) is 1.72. The molecule has 0 fully saturated rings. The molecule has 166 valence electrons. The van der Waals surface area contributed by atoms with Gasteiger partial charge in [-0.15, -0.1) is 0 Å². The van der Waals surface area contributed by atoms with Crippen molar-refractivity contribution in [3.8, 4) is 16.9 Å². The van der Waals surface area contributed by atoms with Crippen LogP contribution < -0.4 is 5.32 Å². The van der Waals surface area contributed by atoms with Crippen LogP contribution in [0.15, 0.2) is 85.1 Å². The molecule has 2 amide bonds. The first kappa shape index (κ1) is 22.0. The Bertz CT molecular complexity index is 1280. The van der Waals surface area contributed by atoms with Gasteiger partial charge in [0.05, 0.1) is 17.8 Å². The second-order valence-corrected chi connectivity index (χ2v) is 7.99. The predicted octanol–water partition coefficient (Wildman–Crippen LogP) is 4.87. The van der Waals surface area contributed by atoms with Gasteiger partial charge in [0.2, 0.25) is 5.91 Å². The van der Waals surface area contributed by atoms with E-state index in [0.29, 0.717) is 11.3 Å². The Kier molecular flexibility index (Phi) is 6.36. The van der Waals surface area contributed by atoms with Crippen LogP contribution in [-0.4, -0.2) is 40.1 Å². The highest BCUT2D eigenvalue weighted by Crippen LogP contribution is 2.25. The molecular weight excluding hydrogens is 412 g/mol. The Morgan fingerprint density at radius 3 is 2.27 bits per heavy atom. The van der Waals surface area contributed by atoms with Crippen LogP contribution in [0, 0.1) is 13.8 Å². The molecule has 1 N–H and O–H groups in total. The van der Waals surface area contributed by atoms with E-state index in [1.165, 1.54) is 4.90 Å². The van der Waals surface area contributed by atoms with Crippen LogP contribution in [0.3, 0.4) is 0 Å². The number of nitrogens with zero attached hydrogens (tertiary/aromatic N) is 3. The summed E-state index contributed by atoms with van der Waals surface area (Å²) in [6, 6.07) is 25.0. The van der Waals surface area contributed by atoms with E-state index < -0.39 is 0 Å². The molecule has 0 bridgehead atoms. The number of hydrogen-bond donors (Lipinski definition) is 1. The van der Waals surface area contributed by atoms with Crippen LogP contribution in [0.4, 0.5) is 5.69 Å². The van der Waals surface area contributed by atoms with Crippen LogP contribution in [0.25, 0.3) is 16.9 Å². The maximum atomic E-state index is 13.4. The number of likely N-dealkylation sites (N-methyl/N-ethyl adjacent to an activating group) is 1. The molecule has 33 heavy (non-hydrogen) atoms. The molecule has 4 aromatic rings. The third-order valence-electron chi connectivity index (χ3n) is 5.62. The zero-order chi connectivity index (χ0) is 23.4. The molecule has 6 heteroatoms. The first-order valence-corrected chi connectivity index (χ1v) is 10.8. The lowest BCUT2D eigenvalue weighted by molar-refractivity contribution is -0.116. The normalized spacial score (nSPS) is 10.6. The Morgan fingerprint density at radius 2 is 1.58 bits per heavy atom. The fraction of sp³-hybridized carbons (Fsp3) is 0.148. The summed E-state index contributed by atoms with van der Waals surface area (Å²) in [7, 11) is 1.62. The minimum Gasteiger partial charge on any atom is -0.332 e. The van der Waals surface area contributed by atoms with E-state index in [4.69, 9.17) is 5.10 Å². The Hall–Kier alpha value is -4.19. The SMILES string of the molecule is Cc1cccc(NC(=O)CN(C)C(=O)c2cn(-c3ccccc3)nc2-c2ccccc2)c1C. The van der Waals surface area contributed by atoms with Gasteiger partial charge in [0.25, 0.3) is 5.91 Å². The summed E-state index contributed by atoms with van der Waals surface area (Å²) in [5.41, 5.74) is 5.56. The molecular formula is C27H26N4O2. The first-order chi connectivity index (χ1) is 15.9. The minimum absolute atomic E-state index is 0.0725. The zero-order valence-corrected chi connectivity index (χ0v) is 18.9. The number of benzene rings is 3. The van der Waals surface area contributed by atoms with Crippen molar-refractivity contribution in [2.24, 2.45) is 0 Å². The van der Waals surface area contributed by atoms with Crippen molar-refractivity contribution in [1.29, 1.82) is 0 Å². The predicted molar refractivity (Wildman–Crippen MR) is 131 cm³/mol. The number of nitrogens with one attached hydrogen (secondary N) is 1. The van der Waals surface area contributed by atoms with E-state index in [0.717, 1.165) is 28.1 Å². The molecule has 0 radical (unpaired) electrons. The number of para-hydroxylation sites is 1. The monoisotopic (exact) mass is 438 g/mol. The van der Waals surface area contributed by atoms with Crippen molar-refractivity contribution >= 4 is 17.5 Å². The van der Waals surface area contributed by atoms with E-state index in [9.17, 15) is 9.59 Å². The fourth-order valence-electron chi connectivity index (χ4n) is 3.62. The maximum absolute atomic E-state index is 13.4. The van der Waals surface area contributed by atoms with E-state index in [-0.39, 0.29) is 18.4 Å². The van der Waals surface area contributed by atoms with Crippen LogP contribution >= 0.6 is 0 Å². The lowest BCUT2D eigenvalue weighted by Gasteiger charge is -2.17. The molecule has 6 nitrogen and oxygen atoms in total. The first-order valence-electron chi connectivity index (χ1n) is 10.8. The summed E-state index contributed by atoms with van der Waals surface area (Å²) in [4.78, 5) is 27.5. The molecule has 1 heterocycles. The van der Waals surface area contributed by atoms with Gasteiger partial charge in [-0.05, 0) is 43.2 Å². The lowest BCUT2D eigenvalue weighted by atomic mass is 10.1. The van der Waals surface area contributed by atoms with E-state index in [1.54, 1.807) is 17.9 Å². The highest BCUT2D eigenvalue weighted by molar-refractivity contribution is 6.02. The van der Waals surface area contributed by atoms with Gasteiger partial charge in [-0.2, -0.15) is 5.10 Å². The molecule has 4 rings (SSSR count). The Morgan fingerprint density at radius 1 is 0.909 bits per heavy atom. The highest BCUT2D eigenvalue weighted by atomic mass is 16.2. The number of aromatic nitrogens is 2. The Labute approximate surface area is 193 Å². The third kappa shape index (κ3) is 4.85. The van der Waals surface area contributed by atoms with Gasteiger partial charge >= 0.3 is 0 Å². The number of carbonyl (C=O) groups excluding carboxylic acids is 2. The van der Waals surface area contributed by atoms with Gasteiger partial charge in [0.1, 0.15) is 5.69 Å². The molecule has 3 aromatic carbocycles. The van der Waals surface area contributed by atoms with Gasteiger partial charge in [0, 0.05) is 24.5 Å². The number of rotatable bonds is 6. The molecule has 1 aromatic heterocycles. The highest BCUT2D eigenvalue weighted by Gasteiger charge is 2.23. The van der Waals surface area contributed by atoms with Gasteiger partial charge in [-0.25, -0.2) is 4.68 Å². The third-order valence-corrected chi connectivity index (χ3v) is 5.62. The standard InChI is InChI=1S/C27H26N4O2/c1-19-11-10-16-24(20(19)2)28-25(32)18-30(3)27(33)23-17-31(22-14-8-5-9-15-22)29-26(23)21-12-6-4-7-13-21/h4-17H,18H2,1-3H3,(H,28,32). The van der Waals surface area contributed by atoms with Crippen molar-refractivity contribution in [1.82, 2.24) is 14.7 Å². The molecule has 0 unspecified atom stereocenters. The van der Waals surface area contributed by atoms with Crippen molar-refractivity contribution in [2.45, 2.75) is 13.8 Å². The Balaban J connectivity index is 1.59. The number of anilines is 1. The smallest absolute Gasteiger partial charge is 0.257 e. The maximum Gasteiger partial charge on any atom is 0.257 e. The fourth-order valence-corrected chi connectivity index (χ4v) is 3.62. The molecule has 0 aliphatic carbocycles. The van der Waals surface area contributed by atoms with Crippen LogP contribution in [-0.2, 0) is 4.79 Å². The average Bonchev–Trinajstić information content (AvgIpc) is 3.28. The van der Waals surface area contributed by atoms with Crippen LogP contribution in [0.1, 0.15) is 21.5 Å². The second-order valence-electron chi connectivity index (χ2n) is 7.99. The summed E-state index contributed by atoms with van der Waals surface area (Å²) < 4.78 is 1.69. The second kappa shape index (κ2) is 9.53. The number of hydrogen-bond acceptors (Lipinski definition) is 3. The van der Waals surface area contributed by atoms with E-state index in [1.807, 2.05) is 92.7 Å². The summed E-state index contributed by atoms with van der Waals surface area (Å²) in [5, 5.41) is 7.60. The van der Waals surface area contributed by atoms with Gasteiger partial charge in [-0.3, -0.25) is 9.59 Å². The quantitative estimate of drug-likeness (QED) is 0.467. The van der Waals surface area contributed by atoms with Crippen molar-refractivity contribution in [3.05, 3.63) is 102 Å². The number of carbonyl (C=O) groups is 2. The number of amides is 2. The molecule has 0 saturated carbocycles. The van der Waals surface area contributed by atoms with E-state index in [2.05, 4.69) is 5.32 Å². The summed E-state index contributed by atoms with van der Waals surface area (Å²) >= 11 is 0. The molecule has 0 aliphatic heterocycles. The largest absolute Gasteiger partial charge is 0.332 e. The molecule has 0 aliphatic rings. The lowest BCUT2D eigenvalue weighted by Crippen LogP contribution is -2.35. The molecule has 0 spiro atoms. The molecule has 0 saturated heterocycles. The zero-order valence-electron chi connectivity index (χ0n) is 18.9. The topological polar surface area (TPSA) is 67.2 Å². The van der Waals surface area contributed by atoms with Crippen LogP contribution in [0.5, 0.6) is 0 Å². The minimum atomic E-state index is -0.271. The van der Waals surface area contributed by atoms with Gasteiger partial charge in [0.15, 0.2) is 0 Å². The average molecular weight is 439 g/mol. The summed E-state index contributed by atoms with van der Waals surface area (Å²) in [6.45, 7) is 3.89. The van der Waals surface area contributed by atoms with Gasteiger partial charge in [-0.1, -0.05) is 60.7 Å².